The number of aromatic nitrogens is 2. The first-order valence-corrected chi connectivity index (χ1v) is 3.31. The summed E-state index contributed by atoms with van der Waals surface area (Å²) in [5, 5.41) is 9.07. The smallest absolute Gasteiger partial charge is 0.228 e. The van der Waals surface area contributed by atoms with Crippen molar-refractivity contribution in [2.45, 2.75) is 6.92 Å². The van der Waals surface area contributed by atoms with E-state index in [1.807, 2.05) is 21.0 Å². The molecule has 1 N–H and O–H groups in total. The Hall–Kier alpha value is -1.32. The lowest BCUT2D eigenvalue weighted by atomic mass is 10.4. The lowest BCUT2D eigenvalue weighted by Crippen LogP contribution is -2.12. The van der Waals surface area contributed by atoms with Gasteiger partial charge in [-0.1, -0.05) is 0 Å². The molecule has 0 radical (unpaired) electrons. The second-order valence-corrected chi connectivity index (χ2v) is 2.56. The van der Waals surface area contributed by atoms with Crippen molar-refractivity contribution in [2.75, 3.05) is 19.0 Å². The van der Waals surface area contributed by atoms with Crippen LogP contribution in [0, 0.1) is 6.92 Å². The molecule has 1 heterocycles. The SMILES string of the molecule is Cc1cc(O)nc(N(C)C)n1. The van der Waals surface area contributed by atoms with Gasteiger partial charge in [0.2, 0.25) is 11.8 Å². The van der Waals surface area contributed by atoms with E-state index in [-0.39, 0.29) is 5.88 Å². The van der Waals surface area contributed by atoms with E-state index in [0.717, 1.165) is 5.69 Å². The Balaban J connectivity index is 3.08. The number of anilines is 1. The van der Waals surface area contributed by atoms with Crippen LogP contribution in [0.3, 0.4) is 0 Å². The standard InChI is InChI=1S/C7H11N3O/c1-5-4-6(11)9-7(8-5)10(2)3/h4H,1-3H3,(H,8,9,11). The molecule has 0 unspecified atom stereocenters. The fraction of sp³-hybridized carbons (Fsp3) is 0.429. The van der Waals surface area contributed by atoms with Gasteiger partial charge in [-0.15, -0.1) is 0 Å². The Bertz CT molecular complexity index is 240. The first-order chi connectivity index (χ1) is 5.09. The van der Waals surface area contributed by atoms with Crippen LogP contribution in [0.25, 0.3) is 0 Å². The maximum atomic E-state index is 9.07. The first-order valence-electron chi connectivity index (χ1n) is 3.31. The van der Waals surface area contributed by atoms with Crippen molar-refractivity contribution >= 4 is 5.95 Å². The van der Waals surface area contributed by atoms with E-state index in [0.29, 0.717) is 5.95 Å². The fourth-order valence-electron chi connectivity index (χ4n) is 0.737. The largest absolute Gasteiger partial charge is 0.493 e. The fourth-order valence-corrected chi connectivity index (χ4v) is 0.737. The minimum Gasteiger partial charge on any atom is -0.493 e. The van der Waals surface area contributed by atoms with Crippen LogP contribution in [-0.4, -0.2) is 29.2 Å². The molecule has 1 rings (SSSR count). The molecular formula is C7H11N3O. The second-order valence-electron chi connectivity index (χ2n) is 2.56. The molecule has 0 aliphatic heterocycles. The van der Waals surface area contributed by atoms with Gasteiger partial charge in [0, 0.05) is 25.9 Å². The molecule has 4 nitrogen and oxygen atoms in total. The summed E-state index contributed by atoms with van der Waals surface area (Å²) in [6.07, 6.45) is 0. The normalized spacial score (nSPS) is 9.73. The molecule has 0 saturated heterocycles. The maximum Gasteiger partial charge on any atom is 0.228 e. The number of rotatable bonds is 1. The third-order valence-corrected chi connectivity index (χ3v) is 1.23. The van der Waals surface area contributed by atoms with Gasteiger partial charge in [-0.25, -0.2) is 4.98 Å². The van der Waals surface area contributed by atoms with Crippen molar-refractivity contribution in [1.29, 1.82) is 0 Å². The zero-order valence-corrected chi connectivity index (χ0v) is 6.87. The van der Waals surface area contributed by atoms with E-state index in [4.69, 9.17) is 5.11 Å². The summed E-state index contributed by atoms with van der Waals surface area (Å²) in [5.74, 6) is 0.545. The quantitative estimate of drug-likeness (QED) is 0.640. The van der Waals surface area contributed by atoms with Gasteiger partial charge in [-0.05, 0) is 6.92 Å². The summed E-state index contributed by atoms with van der Waals surface area (Å²) in [6, 6.07) is 1.52. The monoisotopic (exact) mass is 153 g/mol. The highest BCUT2D eigenvalue weighted by Gasteiger charge is 2.01. The van der Waals surface area contributed by atoms with Gasteiger partial charge in [-0.3, -0.25) is 0 Å². The summed E-state index contributed by atoms with van der Waals surface area (Å²) >= 11 is 0. The Kier molecular flexibility index (Phi) is 1.94. The van der Waals surface area contributed by atoms with Crippen molar-refractivity contribution in [3.63, 3.8) is 0 Å². The van der Waals surface area contributed by atoms with E-state index in [1.54, 1.807) is 4.90 Å². The summed E-state index contributed by atoms with van der Waals surface area (Å²) in [5.41, 5.74) is 0.765. The van der Waals surface area contributed by atoms with Crippen LogP contribution in [-0.2, 0) is 0 Å². The van der Waals surface area contributed by atoms with E-state index in [1.165, 1.54) is 6.07 Å². The number of hydrogen-bond donors (Lipinski definition) is 1. The lowest BCUT2D eigenvalue weighted by Gasteiger charge is -2.09. The molecule has 0 atom stereocenters. The second kappa shape index (κ2) is 2.74. The number of aromatic hydroxyl groups is 1. The molecule has 0 bridgehead atoms. The van der Waals surface area contributed by atoms with Gasteiger partial charge in [-0.2, -0.15) is 4.98 Å². The van der Waals surface area contributed by atoms with Crippen LogP contribution in [0.1, 0.15) is 5.69 Å². The van der Waals surface area contributed by atoms with Gasteiger partial charge in [0.1, 0.15) is 0 Å². The maximum absolute atomic E-state index is 9.07. The van der Waals surface area contributed by atoms with E-state index >= 15 is 0 Å². The number of hydrogen-bond acceptors (Lipinski definition) is 4. The zero-order chi connectivity index (χ0) is 8.43. The Labute approximate surface area is 65.5 Å². The van der Waals surface area contributed by atoms with Crippen LogP contribution < -0.4 is 4.90 Å². The molecule has 60 valence electrons. The van der Waals surface area contributed by atoms with Crippen LogP contribution in [0.4, 0.5) is 5.95 Å². The van der Waals surface area contributed by atoms with Gasteiger partial charge >= 0.3 is 0 Å². The number of nitrogens with zero attached hydrogens (tertiary/aromatic N) is 3. The van der Waals surface area contributed by atoms with E-state index in [9.17, 15) is 0 Å². The Morgan fingerprint density at radius 3 is 2.45 bits per heavy atom. The van der Waals surface area contributed by atoms with Crippen molar-refractivity contribution in [3.8, 4) is 5.88 Å². The Morgan fingerprint density at radius 2 is 2.00 bits per heavy atom. The third kappa shape index (κ3) is 1.80. The molecule has 0 spiro atoms. The van der Waals surface area contributed by atoms with Crippen molar-refractivity contribution in [3.05, 3.63) is 11.8 Å². The minimum absolute atomic E-state index is 0.0150. The number of aryl methyl sites for hydroxylation is 1. The predicted molar refractivity (Wildman–Crippen MR) is 42.8 cm³/mol. The van der Waals surface area contributed by atoms with Crippen molar-refractivity contribution in [2.24, 2.45) is 0 Å². The molecular weight excluding hydrogens is 142 g/mol. The van der Waals surface area contributed by atoms with Gasteiger partial charge in [0.25, 0.3) is 0 Å². The zero-order valence-electron chi connectivity index (χ0n) is 6.87. The van der Waals surface area contributed by atoms with Gasteiger partial charge in [0.15, 0.2) is 0 Å². The molecule has 0 fully saturated rings. The molecule has 0 saturated carbocycles. The van der Waals surface area contributed by atoms with Gasteiger partial charge < -0.3 is 10.0 Å². The molecule has 0 aromatic carbocycles. The average molecular weight is 153 g/mol. The molecule has 4 heteroatoms. The van der Waals surface area contributed by atoms with Crippen LogP contribution in [0.15, 0.2) is 6.07 Å². The topological polar surface area (TPSA) is 49.3 Å². The third-order valence-electron chi connectivity index (χ3n) is 1.23. The summed E-state index contributed by atoms with van der Waals surface area (Å²) in [4.78, 5) is 9.64. The van der Waals surface area contributed by atoms with Crippen molar-refractivity contribution < 1.29 is 5.11 Å². The summed E-state index contributed by atoms with van der Waals surface area (Å²) in [7, 11) is 3.66. The van der Waals surface area contributed by atoms with Crippen molar-refractivity contribution in [1.82, 2.24) is 9.97 Å². The highest BCUT2D eigenvalue weighted by molar-refractivity contribution is 5.31. The Morgan fingerprint density at radius 1 is 1.36 bits per heavy atom. The summed E-state index contributed by atoms with van der Waals surface area (Å²) < 4.78 is 0. The predicted octanol–water partition coefficient (Wildman–Crippen LogP) is 0.557. The lowest BCUT2D eigenvalue weighted by molar-refractivity contribution is 0.451. The van der Waals surface area contributed by atoms with Crippen LogP contribution >= 0.6 is 0 Å². The average Bonchev–Trinajstić information content (AvgIpc) is 1.85. The molecule has 1 aromatic heterocycles. The van der Waals surface area contributed by atoms with E-state index in [2.05, 4.69) is 9.97 Å². The van der Waals surface area contributed by atoms with E-state index < -0.39 is 0 Å². The molecule has 0 aliphatic carbocycles. The molecule has 0 aliphatic rings. The molecule has 1 aromatic rings. The molecule has 11 heavy (non-hydrogen) atoms. The van der Waals surface area contributed by atoms with Crippen LogP contribution in [0.5, 0.6) is 5.88 Å². The molecule has 0 amide bonds. The van der Waals surface area contributed by atoms with Crippen LogP contribution in [0.2, 0.25) is 0 Å². The first kappa shape index (κ1) is 7.78. The summed E-state index contributed by atoms with van der Waals surface area (Å²) in [6.45, 7) is 1.81. The minimum atomic E-state index is 0.0150. The van der Waals surface area contributed by atoms with Gasteiger partial charge in [0.05, 0.1) is 0 Å². The highest BCUT2D eigenvalue weighted by Crippen LogP contribution is 2.10. The highest BCUT2D eigenvalue weighted by atomic mass is 16.3.